The van der Waals surface area contributed by atoms with Crippen molar-refractivity contribution in [3.63, 3.8) is 0 Å². The standard InChI is InChI=1S/C21H28O6/c1-10(9-22)11-8-12-13(15(24)14(11)23)21-7-5-6-20(2,3)18(21)17(16(12)26-4)27-19(21)25/h8,10,16-18,22-24H,5-7,9H2,1-4H3. The maximum atomic E-state index is 13.2. The number of rotatable bonds is 3. The quantitative estimate of drug-likeness (QED) is 0.554. The van der Waals surface area contributed by atoms with E-state index in [1.54, 1.807) is 20.1 Å². The van der Waals surface area contributed by atoms with Gasteiger partial charge in [-0.15, -0.1) is 0 Å². The van der Waals surface area contributed by atoms with Crippen molar-refractivity contribution in [2.45, 2.75) is 63.6 Å². The first kappa shape index (κ1) is 18.6. The van der Waals surface area contributed by atoms with E-state index in [2.05, 4.69) is 13.8 Å². The van der Waals surface area contributed by atoms with Gasteiger partial charge < -0.3 is 24.8 Å². The van der Waals surface area contributed by atoms with E-state index < -0.39 is 17.6 Å². The Morgan fingerprint density at radius 1 is 1.30 bits per heavy atom. The van der Waals surface area contributed by atoms with Crippen LogP contribution in [-0.4, -0.2) is 41.1 Å². The number of phenolic OH excluding ortho intramolecular Hbond substituents is 2. The topological polar surface area (TPSA) is 96.2 Å². The van der Waals surface area contributed by atoms with Crippen LogP contribution in [0.3, 0.4) is 0 Å². The smallest absolute Gasteiger partial charge is 0.317 e. The molecule has 5 unspecified atom stereocenters. The van der Waals surface area contributed by atoms with Crippen LogP contribution in [0, 0.1) is 11.3 Å². The second kappa shape index (κ2) is 5.85. The zero-order valence-corrected chi connectivity index (χ0v) is 16.3. The molecule has 0 amide bonds. The van der Waals surface area contributed by atoms with Crippen molar-refractivity contribution in [3.05, 3.63) is 22.8 Å². The fraction of sp³-hybridized carbons (Fsp3) is 0.667. The molecule has 6 heteroatoms. The molecular formula is C21H28O6. The molecule has 3 N–H and O–H groups in total. The molecule has 0 spiro atoms. The van der Waals surface area contributed by atoms with Gasteiger partial charge in [0.15, 0.2) is 11.5 Å². The minimum Gasteiger partial charge on any atom is -0.504 e. The summed E-state index contributed by atoms with van der Waals surface area (Å²) in [6, 6.07) is 1.77. The largest absolute Gasteiger partial charge is 0.504 e. The number of esters is 1. The number of carbonyl (C=O) groups excluding carboxylic acids is 1. The fourth-order valence-electron chi connectivity index (χ4n) is 5.98. The highest BCUT2D eigenvalue weighted by atomic mass is 16.6. The van der Waals surface area contributed by atoms with Crippen molar-refractivity contribution in [3.8, 4) is 11.5 Å². The van der Waals surface area contributed by atoms with Crippen LogP contribution in [0.5, 0.6) is 11.5 Å². The molecule has 5 atom stereocenters. The Labute approximate surface area is 159 Å². The molecule has 1 aliphatic heterocycles. The Balaban J connectivity index is 2.05. The summed E-state index contributed by atoms with van der Waals surface area (Å²) in [5.74, 6) is -1.35. The van der Waals surface area contributed by atoms with E-state index in [0.717, 1.165) is 12.8 Å². The predicted octanol–water partition coefficient (Wildman–Crippen LogP) is 2.88. The highest BCUT2D eigenvalue weighted by Crippen LogP contribution is 2.67. The summed E-state index contributed by atoms with van der Waals surface area (Å²) < 4.78 is 11.6. The van der Waals surface area contributed by atoms with E-state index in [0.29, 0.717) is 23.1 Å². The Bertz CT molecular complexity index is 800. The summed E-state index contributed by atoms with van der Waals surface area (Å²) in [4.78, 5) is 13.2. The molecule has 1 heterocycles. The van der Waals surface area contributed by atoms with Crippen LogP contribution in [0.25, 0.3) is 0 Å². The number of hydrogen-bond donors (Lipinski definition) is 3. The summed E-state index contributed by atoms with van der Waals surface area (Å²) in [6.07, 6.45) is 1.45. The van der Waals surface area contributed by atoms with E-state index in [9.17, 15) is 20.1 Å². The van der Waals surface area contributed by atoms with Crippen molar-refractivity contribution in [1.29, 1.82) is 0 Å². The van der Waals surface area contributed by atoms with Crippen LogP contribution in [-0.2, 0) is 19.7 Å². The summed E-state index contributed by atoms with van der Waals surface area (Å²) in [7, 11) is 1.57. The van der Waals surface area contributed by atoms with Gasteiger partial charge in [-0.05, 0) is 29.9 Å². The molecule has 1 saturated carbocycles. The number of phenols is 2. The lowest BCUT2D eigenvalue weighted by molar-refractivity contribution is -0.149. The van der Waals surface area contributed by atoms with Crippen LogP contribution < -0.4 is 0 Å². The van der Waals surface area contributed by atoms with Gasteiger partial charge in [-0.3, -0.25) is 4.79 Å². The van der Waals surface area contributed by atoms with Crippen LogP contribution in [0.15, 0.2) is 6.07 Å². The predicted molar refractivity (Wildman–Crippen MR) is 97.7 cm³/mol. The van der Waals surface area contributed by atoms with Gasteiger partial charge in [0, 0.05) is 36.7 Å². The number of aliphatic hydroxyl groups is 1. The molecular weight excluding hydrogens is 348 g/mol. The van der Waals surface area contributed by atoms with Crippen molar-refractivity contribution in [2.75, 3.05) is 13.7 Å². The average molecular weight is 376 g/mol. The highest BCUT2D eigenvalue weighted by Gasteiger charge is 2.70. The lowest BCUT2D eigenvalue weighted by Crippen LogP contribution is -2.54. The van der Waals surface area contributed by atoms with E-state index in [4.69, 9.17) is 9.47 Å². The number of fused-ring (bicyclic) bond motifs is 1. The molecule has 0 aromatic heterocycles. The third kappa shape index (κ3) is 2.17. The van der Waals surface area contributed by atoms with Crippen molar-refractivity contribution in [2.24, 2.45) is 11.3 Å². The Morgan fingerprint density at radius 3 is 2.63 bits per heavy atom. The van der Waals surface area contributed by atoms with Crippen LogP contribution in [0.2, 0.25) is 0 Å². The number of methoxy groups -OCH3 is 1. The van der Waals surface area contributed by atoms with E-state index in [-0.39, 0.29) is 41.3 Å². The first-order valence-electron chi connectivity index (χ1n) is 9.64. The number of benzene rings is 1. The first-order chi connectivity index (χ1) is 12.7. The molecule has 1 aromatic rings. The Morgan fingerprint density at radius 2 is 2.00 bits per heavy atom. The molecule has 1 saturated heterocycles. The number of ether oxygens (including phenoxy) is 2. The number of carbonyl (C=O) groups is 1. The van der Waals surface area contributed by atoms with Gasteiger partial charge in [-0.1, -0.05) is 27.2 Å². The fourth-order valence-corrected chi connectivity index (χ4v) is 5.98. The molecule has 6 nitrogen and oxygen atoms in total. The molecule has 4 rings (SSSR count). The van der Waals surface area contributed by atoms with Crippen molar-refractivity contribution in [1.82, 2.24) is 0 Å². The van der Waals surface area contributed by atoms with Crippen LogP contribution >= 0.6 is 0 Å². The van der Waals surface area contributed by atoms with Crippen LogP contribution in [0.1, 0.15) is 68.7 Å². The minimum atomic E-state index is -0.959. The van der Waals surface area contributed by atoms with Gasteiger partial charge in [0.05, 0.1) is 0 Å². The monoisotopic (exact) mass is 376 g/mol. The SMILES string of the molecule is COC1c2cc(C(C)CO)c(O)c(O)c2C23CCCC(C)(C)C2C1OC3=O. The lowest BCUT2D eigenvalue weighted by atomic mass is 9.49. The lowest BCUT2D eigenvalue weighted by Gasteiger charge is -2.52. The number of hydrogen-bond acceptors (Lipinski definition) is 6. The van der Waals surface area contributed by atoms with E-state index in [1.165, 1.54) is 0 Å². The first-order valence-corrected chi connectivity index (χ1v) is 9.64. The van der Waals surface area contributed by atoms with Gasteiger partial charge in [-0.25, -0.2) is 0 Å². The Hall–Kier alpha value is -1.79. The minimum absolute atomic E-state index is 0.130. The summed E-state index contributed by atoms with van der Waals surface area (Å²) >= 11 is 0. The van der Waals surface area contributed by atoms with Gasteiger partial charge in [0.1, 0.15) is 17.6 Å². The summed E-state index contributed by atoms with van der Waals surface area (Å²) in [6.45, 7) is 5.88. The van der Waals surface area contributed by atoms with Gasteiger partial charge in [0.2, 0.25) is 0 Å². The zero-order chi connectivity index (χ0) is 19.7. The van der Waals surface area contributed by atoms with Crippen molar-refractivity contribution >= 4 is 5.97 Å². The van der Waals surface area contributed by atoms with Crippen LogP contribution in [0.4, 0.5) is 0 Å². The highest BCUT2D eigenvalue weighted by molar-refractivity contribution is 5.90. The number of aromatic hydroxyl groups is 2. The molecule has 2 fully saturated rings. The van der Waals surface area contributed by atoms with Crippen molar-refractivity contribution < 1.29 is 29.6 Å². The van der Waals surface area contributed by atoms with Gasteiger partial charge in [-0.2, -0.15) is 0 Å². The zero-order valence-electron chi connectivity index (χ0n) is 16.3. The van der Waals surface area contributed by atoms with Gasteiger partial charge in [0.25, 0.3) is 0 Å². The molecule has 27 heavy (non-hydrogen) atoms. The molecule has 148 valence electrons. The third-order valence-corrected chi connectivity index (χ3v) is 7.14. The normalized spacial score (nSPS) is 34.6. The molecule has 2 bridgehead atoms. The number of aliphatic hydroxyl groups excluding tert-OH is 1. The summed E-state index contributed by atoms with van der Waals surface area (Å²) in [5, 5.41) is 31.3. The third-order valence-electron chi connectivity index (χ3n) is 7.14. The maximum Gasteiger partial charge on any atom is 0.317 e. The van der Waals surface area contributed by atoms with Gasteiger partial charge >= 0.3 is 5.97 Å². The van der Waals surface area contributed by atoms with E-state index in [1.807, 2.05) is 0 Å². The summed E-state index contributed by atoms with van der Waals surface area (Å²) in [5.41, 5.74) is 0.472. The average Bonchev–Trinajstić information content (AvgIpc) is 2.87. The molecule has 2 aliphatic carbocycles. The molecule has 3 aliphatic rings. The second-order valence-corrected chi connectivity index (χ2v) is 9.03. The molecule has 1 aromatic carbocycles. The van der Waals surface area contributed by atoms with E-state index >= 15 is 0 Å². The maximum absolute atomic E-state index is 13.2. The molecule has 0 radical (unpaired) electrons. The second-order valence-electron chi connectivity index (χ2n) is 9.03. The Kier molecular flexibility index (Phi) is 4.02.